The van der Waals surface area contributed by atoms with Crippen LogP contribution in [0.25, 0.3) is 6.08 Å². The van der Waals surface area contributed by atoms with Crippen molar-refractivity contribution in [2.45, 2.75) is 26.2 Å². The number of ether oxygens (including phenoxy) is 1. The minimum absolute atomic E-state index is 0.0814. The van der Waals surface area contributed by atoms with E-state index in [0.717, 1.165) is 12.2 Å². The highest BCUT2D eigenvalue weighted by Gasteiger charge is 2.04. The maximum absolute atomic E-state index is 11.6. The van der Waals surface area contributed by atoms with Crippen molar-refractivity contribution in [3.8, 4) is 5.75 Å². The van der Waals surface area contributed by atoms with E-state index in [4.69, 9.17) is 9.15 Å². The lowest BCUT2D eigenvalue weighted by Crippen LogP contribution is -2.24. The number of furan rings is 1. The number of nitrogens with zero attached hydrogens (tertiary/aromatic N) is 1. The number of rotatable bonds is 8. The molecule has 0 aliphatic carbocycles. The lowest BCUT2D eigenvalue weighted by Gasteiger charge is -2.10. The zero-order valence-corrected chi connectivity index (χ0v) is 13.9. The summed E-state index contributed by atoms with van der Waals surface area (Å²) in [4.78, 5) is 11.6. The molecule has 5 heteroatoms. The fraction of sp³-hybridized carbons (Fsp3) is 0.263. The molecule has 1 amide bonds. The molecule has 0 bridgehead atoms. The minimum atomic E-state index is -0.316. The molecule has 0 saturated carbocycles. The average molecular weight is 326 g/mol. The van der Waals surface area contributed by atoms with Crippen LogP contribution < -0.4 is 10.2 Å². The third-order valence-electron chi connectivity index (χ3n) is 3.58. The zero-order chi connectivity index (χ0) is 17.2. The van der Waals surface area contributed by atoms with Gasteiger partial charge in [0.25, 0.3) is 5.91 Å². The van der Waals surface area contributed by atoms with Crippen molar-refractivity contribution in [2.75, 3.05) is 6.61 Å². The quantitative estimate of drug-likeness (QED) is 0.589. The fourth-order valence-electron chi connectivity index (χ4n) is 1.99. The number of hydrogen-bond donors (Lipinski definition) is 1. The Morgan fingerprint density at radius 1 is 1.33 bits per heavy atom. The number of hydrazone groups is 1. The van der Waals surface area contributed by atoms with Gasteiger partial charge >= 0.3 is 0 Å². The van der Waals surface area contributed by atoms with Crippen molar-refractivity contribution in [1.82, 2.24) is 5.43 Å². The summed E-state index contributed by atoms with van der Waals surface area (Å²) in [6.07, 6.45) is 7.57. The number of benzene rings is 1. The number of amides is 1. The van der Waals surface area contributed by atoms with Crippen LogP contribution in [0.1, 0.15) is 37.5 Å². The van der Waals surface area contributed by atoms with E-state index < -0.39 is 0 Å². The largest absolute Gasteiger partial charge is 0.484 e. The van der Waals surface area contributed by atoms with E-state index in [1.165, 1.54) is 11.8 Å². The number of hydrogen-bond acceptors (Lipinski definition) is 4. The molecule has 2 rings (SSSR count). The van der Waals surface area contributed by atoms with Gasteiger partial charge in [0, 0.05) is 6.21 Å². The van der Waals surface area contributed by atoms with Gasteiger partial charge in [-0.25, -0.2) is 5.43 Å². The molecule has 0 spiro atoms. The van der Waals surface area contributed by atoms with Crippen molar-refractivity contribution >= 4 is 18.2 Å². The van der Waals surface area contributed by atoms with Gasteiger partial charge in [-0.1, -0.05) is 26.0 Å². The van der Waals surface area contributed by atoms with E-state index in [2.05, 4.69) is 24.4 Å². The Bertz CT molecular complexity index is 673. The second kappa shape index (κ2) is 9.35. The van der Waals surface area contributed by atoms with Gasteiger partial charge in [0.05, 0.1) is 6.26 Å². The molecule has 5 nitrogen and oxygen atoms in total. The molecule has 24 heavy (non-hydrogen) atoms. The summed E-state index contributed by atoms with van der Waals surface area (Å²) in [7, 11) is 0. The van der Waals surface area contributed by atoms with Gasteiger partial charge in [-0.05, 0) is 54.3 Å². The number of carbonyl (C=O) groups excluding carboxylic acids is 1. The Labute approximate surface area is 142 Å². The fourth-order valence-corrected chi connectivity index (χ4v) is 1.99. The molecule has 0 radical (unpaired) electrons. The molecular formula is C19H22N2O3. The highest BCUT2D eigenvalue weighted by molar-refractivity contribution is 5.81. The van der Waals surface area contributed by atoms with Crippen molar-refractivity contribution in [1.29, 1.82) is 0 Å². The molecule has 0 fully saturated rings. The van der Waals surface area contributed by atoms with Gasteiger partial charge in [-0.3, -0.25) is 4.79 Å². The molecule has 126 valence electrons. The van der Waals surface area contributed by atoms with E-state index in [9.17, 15) is 4.79 Å². The number of nitrogens with one attached hydrogen (secondary N) is 1. The lowest BCUT2D eigenvalue weighted by atomic mass is 9.99. The first-order valence-electron chi connectivity index (χ1n) is 7.94. The van der Waals surface area contributed by atoms with Gasteiger partial charge < -0.3 is 9.15 Å². The molecule has 2 aromatic rings. The van der Waals surface area contributed by atoms with Crippen LogP contribution in [-0.4, -0.2) is 18.7 Å². The first-order chi connectivity index (χ1) is 11.7. The van der Waals surface area contributed by atoms with Crippen LogP contribution in [0.2, 0.25) is 0 Å². The predicted octanol–water partition coefficient (Wildman–Crippen LogP) is 3.99. The topological polar surface area (TPSA) is 63.8 Å². The third-order valence-corrected chi connectivity index (χ3v) is 3.58. The van der Waals surface area contributed by atoms with Crippen molar-refractivity contribution in [3.05, 3.63) is 60.1 Å². The summed E-state index contributed by atoms with van der Waals surface area (Å²) in [6, 6.07) is 11.4. The second-order valence-electron chi connectivity index (χ2n) is 5.35. The Balaban J connectivity index is 1.71. The normalized spacial score (nSPS) is 12.6. The van der Waals surface area contributed by atoms with E-state index in [1.54, 1.807) is 24.5 Å². The number of allylic oxidation sites excluding steroid dienone is 1. The molecule has 0 aliphatic rings. The van der Waals surface area contributed by atoms with Gasteiger partial charge in [0.15, 0.2) is 6.61 Å². The molecular weight excluding hydrogens is 304 g/mol. The summed E-state index contributed by atoms with van der Waals surface area (Å²) in [5, 5.41) is 3.80. The third kappa shape index (κ3) is 5.76. The first kappa shape index (κ1) is 17.5. The molecule has 1 aromatic carbocycles. The standard InChI is InChI=1S/C19H22N2O3/c1-3-15(2)16-8-10-18(11-9-16)24-14-19(22)21-20-12-4-6-17-7-5-13-23-17/h4-13,15H,3,14H2,1-2H3,(H,21,22). The molecule has 1 N–H and O–H groups in total. The van der Waals surface area contributed by atoms with Crippen molar-refractivity contribution in [3.63, 3.8) is 0 Å². The maximum Gasteiger partial charge on any atom is 0.277 e. The Morgan fingerprint density at radius 2 is 2.12 bits per heavy atom. The van der Waals surface area contributed by atoms with E-state index in [0.29, 0.717) is 11.7 Å². The van der Waals surface area contributed by atoms with Gasteiger partial charge in [-0.15, -0.1) is 0 Å². The summed E-state index contributed by atoms with van der Waals surface area (Å²) in [6.45, 7) is 4.26. The predicted molar refractivity (Wildman–Crippen MR) is 95.0 cm³/mol. The summed E-state index contributed by atoms with van der Waals surface area (Å²) >= 11 is 0. The van der Waals surface area contributed by atoms with Crippen LogP contribution in [0.3, 0.4) is 0 Å². The summed E-state index contributed by atoms with van der Waals surface area (Å²) in [5.74, 6) is 1.59. The smallest absolute Gasteiger partial charge is 0.277 e. The lowest BCUT2D eigenvalue weighted by molar-refractivity contribution is -0.123. The van der Waals surface area contributed by atoms with E-state index in [1.807, 2.05) is 30.3 Å². The highest BCUT2D eigenvalue weighted by Crippen LogP contribution is 2.21. The van der Waals surface area contributed by atoms with Gasteiger partial charge in [-0.2, -0.15) is 5.10 Å². The Morgan fingerprint density at radius 3 is 2.79 bits per heavy atom. The molecule has 1 aromatic heterocycles. The molecule has 1 unspecified atom stereocenters. The SMILES string of the molecule is CCC(C)c1ccc(OCC(=O)NN=CC=Cc2ccco2)cc1. The molecule has 1 heterocycles. The highest BCUT2D eigenvalue weighted by atomic mass is 16.5. The maximum atomic E-state index is 11.6. The summed E-state index contributed by atoms with van der Waals surface area (Å²) in [5.41, 5.74) is 3.66. The molecule has 0 saturated heterocycles. The van der Waals surface area contributed by atoms with Gasteiger partial charge in [0.2, 0.25) is 0 Å². The minimum Gasteiger partial charge on any atom is -0.484 e. The Kier molecular flexibility index (Phi) is 6.83. The van der Waals surface area contributed by atoms with Crippen LogP contribution in [0.15, 0.2) is 58.3 Å². The first-order valence-corrected chi connectivity index (χ1v) is 7.94. The van der Waals surface area contributed by atoms with E-state index >= 15 is 0 Å². The molecule has 0 aliphatic heterocycles. The zero-order valence-electron chi connectivity index (χ0n) is 13.9. The van der Waals surface area contributed by atoms with Gasteiger partial charge in [0.1, 0.15) is 11.5 Å². The molecule has 1 atom stereocenters. The van der Waals surface area contributed by atoms with Crippen molar-refractivity contribution < 1.29 is 13.9 Å². The number of carbonyl (C=O) groups is 1. The van der Waals surface area contributed by atoms with Crippen LogP contribution >= 0.6 is 0 Å². The average Bonchev–Trinajstić information content (AvgIpc) is 3.13. The Hall–Kier alpha value is -2.82. The van der Waals surface area contributed by atoms with Crippen LogP contribution in [0.5, 0.6) is 5.75 Å². The van der Waals surface area contributed by atoms with Crippen LogP contribution in [-0.2, 0) is 4.79 Å². The monoisotopic (exact) mass is 326 g/mol. The summed E-state index contributed by atoms with van der Waals surface area (Å²) < 4.78 is 10.6. The van der Waals surface area contributed by atoms with Crippen LogP contribution in [0, 0.1) is 0 Å². The van der Waals surface area contributed by atoms with Crippen molar-refractivity contribution in [2.24, 2.45) is 5.10 Å². The van der Waals surface area contributed by atoms with E-state index in [-0.39, 0.29) is 12.5 Å². The second-order valence-corrected chi connectivity index (χ2v) is 5.35. The van der Waals surface area contributed by atoms with Crippen LogP contribution in [0.4, 0.5) is 0 Å².